The fourth-order valence-electron chi connectivity index (χ4n) is 5.21. The highest BCUT2D eigenvalue weighted by molar-refractivity contribution is 5.90. The van der Waals surface area contributed by atoms with E-state index in [4.69, 9.17) is 10.5 Å². The summed E-state index contributed by atoms with van der Waals surface area (Å²) in [4.78, 5) is 56.6. The highest BCUT2D eigenvalue weighted by Gasteiger charge is 2.36. The quantitative estimate of drug-likeness (QED) is 0.0977. The van der Waals surface area contributed by atoms with Crippen LogP contribution in [0.5, 0.6) is 5.75 Å². The van der Waals surface area contributed by atoms with Crippen LogP contribution in [-0.2, 0) is 27.5 Å². The molecule has 0 radical (unpaired) electrons. The number of nitrogens with two attached hydrogens (primary N) is 1. The van der Waals surface area contributed by atoms with Gasteiger partial charge in [-0.25, -0.2) is 22.5 Å². The lowest BCUT2D eigenvalue weighted by molar-refractivity contribution is -0.126. The summed E-state index contributed by atoms with van der Waals surface area (Å²) in [6, 6.07) is 11.7. The standard InChI is InChI=1S/C29H29F2N5O4.C7H11F2NO/c1-35(2)27(38)12-5-3-4-11-26(37)33-23-9-7-15-36(29(23)39)17-25-32-22-8-6-10-24(28(22)34-25)40-18-19-13-14-20(30)16-21(19)31;8-7(9)3-1-5(2-4-7)6(10)11/h5-10,12-16H,3-4,11,17-18H2,1-2H3,(H,32,34)(H,33,37);5H,1-4H2,(H2,10,11)/b12-5+;. The zero-order valence-electron chi connectivity index (χ0n) is 28.3. The number of amides is 3. The molecule has 0 unspecified atom stereocenters. The van der Waals surface area contributed by atoms with Crippen molar-refractivity contribution < 1.29 is 36.7 Å². The molecule has 272 valence electrons. The lowest BCUT2D eigenvalue weighted by Gasteiger charge is -2.25. The van der Waals surface area contributed by atoms with Crippen LogP contribution >= 0.6 is 0 Å². The van der Waals surface area contributed by atoms with E-state index < -0.39 is 29.0 Å². The van der Waals surface area contributed by atoms with Crippen molar-refractivity contribution in [3.63, 3.8) is 0 Å². The predicted octanol–water partition coefficient (Wildman–Crippen LogP) is 5.68. The Labute approximate surface area is 291 Å². The Morgan fingerprint density at radius 1 is 1.12 bits per heavy atom. The SMILES string of the molecule is CN(C)C(=O)/C=C/CCCC(=O)Nc1cccn(Cc2nc3c(OCc4ccc(F)cc4F)cccc3[nH]2)c1=O.NC(=O)C1CCC(F)(F)CC1. The molecule has 15 heteroatoms. The minimum Gasteiger partial charge on any atom is -0.486 e. The van der Waals surface area contributed by atoms with Crippen LogP contribution in [-0.4, -0.2) is 57.2 Å². The van der Waals surface area contributed by atoms with Crippen LogP contribution in [0.3, 0.4) is 0 Å². The Morgan fingerprint density at radius 3 is 2.55 bits per heavy atom. The Balaban J connectivity index is 0.000000452. The van der Waals surface area contributed by atoms with Crippen molar-refractivity contribution in [2.75, 3.05) is 19.4 Å². The number of ether oxygens (including phenoxy) is 1. The van der Waals surface area contributed by atoms with Crippen molar-refractivity contribution >= 4 is 34.4 Å². The number of rotatable bonds is 12. The molecule has 0 saturated heterocycles. The first-order valence-electron chi connectivity index (χ1n) is 16.3. The second kappa shape index (κ2) is 17.5. The zero-order chi connectivity index (χ0) is 37.1. The number of alkyl halides is 2. The van der Waals surface area contributed by atoms with E-state index in [0.29, 0.717) is 35.4 Å². The molecule has 1 fully saturated rings. The van der Waals surface area contributed by atoms with Crippen LogP contribution in [0.4, 0.5) is 23.2 Å². The van der Waals surface area contributed by atoms with Gasteiger partial charge in [0.2, 0.25) is 23.6 Å². The monoisotopic (exact) mass is 712 g/mol. The fourth-order valence-corrected chi connectivity index (χ4v) is 5.21. The first-order valence-corrected chi connectivity index (χ1v) is 16.3. The number of carbonyl (C=O) groups excluding carboxylic acids is 3. The Morgan fingerprint density at radius 2 is 1.86 bits per heavy atom. The van der Waals surface area contributed by atoms with Crippen molar-refractivity contribution in [2.24, 2.45) is 11.7 Å². The summed E-state index contributed by atoms with van der Waals surface area (Å²) in [6.45, 7) is -0.00688. The highest BCUT2D eigenvalue weighted by Crippen LogP contribution is 2.35. The number of H-pyrrole nitrogens is 1. The van der Waals surface area contributed by atoms with Crippen LogP contribution < -0.4 is 21.3 Å². The molecular weight excluding hydrogens is 672 g/mol. The van der Waals surface area contributed by atoms with Gasteiger partial charge in [0, 0.05) is 57.1 Å². The van der Waals surface area contributed by atoms with E-state index in [9.17, 15) is 36.7 Å². The van der Waals surface area contributed by atoms with Crippen molar-refractivity contribution in [3.8, 4) is 5.75 Å². The molecule has 2 aromatic heterocycles. The van der Waals surface area contributed by atoms with E-state index in [2.05, 4.69) is 15.3 Å². The van der Waals surface area contributed by atoms with Gasteiger partial charge in [0.1, 0.15) is 41.0 Å². The number of fused-ring (bicyclic) bond motifs is 1. The maximum atomic E-state index is 14.0. The molecule has 0 spiro atoms. The first kappa shape index (κ1) is 38.3. The van der Waals surface area contributed by atoms with Gasteiger partial charge in [0.15, 0.2) is 0 Å². The predicted molar refractivity (Wildman–Crippen MR) is 183 cm³/mol. The number of aromatic nitrogens is 3. The molecule has 3 amide bonds. The minimum absolute atomic E-state index is 0.105. The largest absolute Gasteiger partial charge is 0.486 e. The van der Waals surface area contributed by atoms with Gasteiger partial charge < -0.3 is 30.2 Å². The molecule has 0 bridgehead atoms. The van der Waals surface area contributed by atoms with Crippen molar-refractivity contribution in [2.45, 2.75) is 64.0 Å². The summed E-state index contributed by atoms with van der Waals surface area (Å²) in [7, 11) is 3.32. The van der Waals surface area contributed by atoms with Crippen molar-refractivity contribution in [1.82, 2.24) is 19.4 Å². The Kier molecular flexibility index (Phi) is 13.1. The maximum absolute atomic E-state index is 14.0. The number of hydrogen-bond acceptors (Lipinski definition) is 6. The molecule has 51 heavy (non-hydrogen) atoms. The third-order valence-electron chi connectivity index (χ3n) is 8.13. The van der Waals surface area contributed by atoms with Crippen LogP contribution in [0.1, 0.15) is 56.3 Å². The van der Waals surface area contributed by atoms with Gasteiger partial charge in [-0.2, -0.15) is 0 Å². The van der Waals surface area contributed by atoms with Gasteiger partial charge in [-0.15, -0.1) is 0 Å². The number of allylic oxidation sites excluding steroid dienone is 1. The lowest BCUT2D eigenvalue weighted by Crippen LogP contribution is -2.32. The topological polar surface area (TPSA) is 152 Å². The number of carbonyl (C=O) groups is 3. The smallest absolute Gasteiger partial charge is 0.274 e. The molecule has 4 N–H and O–H groups in total. The van der Waals surface area contributed by atoms with E-state index in [1.165, 1.54) is 27.7 Å². The van der Waals surface area contributed by atoms with Gasteiger partial charge in [0.05, 0.1) is 12.1 Å². The summed E-state index contributed by atoms with van der Waals surface area (Å²) in [5, 5.41) is 2.65. The summed E-state index contributed by atoms with van der Waals surface area (Å²) < 4.78 is 59.3. The summed E-state index contributed by atoms with van der Waals surface area (Å²) in [5.41, 5.74) is 6.09. The minimum atomic E-state index is -2.56. The number of nitrogens with one attached hydrogen (secondary N) is 2. The van der Waals surface area contributed by atoms with Crippen LogP contribution in [0, 0.1) is 17.6 Å². The number of primary amides is 1. The molecule has 2 aromatic carbocycles. The van der Waals surface area contributed by atoms with E-state index >= 15 is 0 Å². The first-order chi connectivity index (χ1) is 24.2. The van der Waals surface area contributed by atoms with Crippen LogP contribution in [0.15, 0.2) is 71.7 Å². The molecule has 4 aromatic rings. The summed E-state index contributed by atoms with van der Waals surface area (Å²) in [6.07, 6.45) is 6.15. The Bertz CT molecular complexity index is 1930. The fraction of sp³-hybridized carbons (Fsp3) is 0.361. The maximum Gasteiger partial charge on any atom is 0.274 e. The number of halogens is 4. The summed E-state index contributed by atoms with van der Waals surface area (Å²) in [5.74, 6) is -4.24. The average molecular weight is 713 g/mol. The Hall–Kier alpha value is -5.47. The number of hydrogen-bond donors (Lipinski definition) is 3. The third kappa shape index (κ3) is 11.3. The second-order valence-corrected chi connectivity index (χ2v) is 12.3. The number of nitrogens with zero attached hydrogens (tertiary/aromatic N) is 3. The zero-order valence-corrected chi connectivity index (χ0v) is 28.3. The molecule has 0 aliphatic heterocycles. The van der Waals surface area contributed by atoms with Gasteiger partial charge in [-0.3, -0.25) is 19.2 Å². The molecule has 11 nitrogen and oxygen atoms in total. The number of benzene rings is 2. The van der Waals surface area contributed by atoms with Gasteiger partial charge >= 0.3 is 0 Å². The van der Waals surface area contributed by atoms with E-state index in [1.54, 1.807) is 50.6 Å². The molecule has 0 atom stereocenters. The van der Waals surface area contributed by atoms with Crippen LogP contribution in [0.2, 0.25) is 0 Å². The molecule has 1 aliphatic rings. The van der Waals surface area contributed by atoms with Crippen LogP contribution in [0.25, 0.3) is 11.0 Å². The van der Waals surface area contributed by atoms with E-state index in [0.717, 1.165) is 12.1 Å². The summed E-state index contributed by atoms with van der Waals surface area (Å²) >= 11 is 0. The molecule has 1 aliphatic carbocycles. The third-order valence-corrected chi connectivity index (χ3v) is 8.13. The van der Waals surface area contributed by atoms with Gasteiger partial charge in [-0.05, 0) is 68.2 Å². The van der Waals surface area contributed by atoms with Gasteiger partial charge in [-0.1, -0.05) is 12.1 Å². The number of unbranched alkanes of at least 4 members (excludes halogenated alkanes) is 1. The molecule has 1 saturated carbocycles. The molecule has 2 heterocycles. The number of aromatic amines is 1. The highest BCUT2D eigenvalue weighted by atomic mass is 19.3. The average Bonchev–Trinajstić information content (AvgIpc) is 3.49. The molecule has 5 rings (SSSR count). The number of para-hydroxylation sites is 1. The number of pyridine rings is 1. The van der Waals surface area contributed by atoms with E-state index in [-0.39, 0.29) is 74.2 Å². The number of imidazole rings is 1. The molecular formula is C36H40F4N6O5. The lowest BCUT2D eigenvalue weighted by atomic mass is 9.86. The number of anilines is 1. The normalized spacial score (nSPS) is 14.2. The number of likely N-dealkylation sites (N-methyl/N-ethyl adjacent to an activating group) is 1. The van der Waals surface area contributed by atoms with E-state index in [1.807, 2.05) is 0 Å². The second-order valence-electron chi connectivity index (χ2n) is 12.3. The van der Waals surface area contributed by atoms with Crippen molar-refractivity contribution in [3.05, 3.63) is 100 Å². The van der Waals surface area contributed by atoms with Gasteiger partial charge in [0.25, 0.3) is 5.56 Å². The van der Waals surface area contributed by atoms with Crippen molar-refractivity contribution in [1.29, 1.82) is 0 Å².